The first-order valence-electron chi connectivity index (χ1n) is 7.95. The molecule has 0 spiro atoms. The van der Waals surface area contributed by atoms with Crippen molar-refractivity contribution >= 4 is 25.7 Å². The zero-order valence-electron chi connectivity index (χ0n) is 15.0. The summed E-state index contributed by atoms with van der Waals surface area (Å²) in [6.45, 7) is 2.17. The second kappa shape index (κ2) is 7.75. The molecule has 2 N–H and O–H groups in total. The highest BCUT2D eigenvalue weighted by Crippen LogP contribution is 2.21. The highest BCUT2D eigenvalue weighted by molar-refractivity contribution is 7.90. The van der Waals surface area contributed by atoms with Crippen LogP contribution in [0.15, 0.2) is 58.3 Å². The van der Waals surface area contributed by atoms with E-state index in [0.29, 0.717) is 0 Å². The van der Waals surface area contributed by atoms with Crippen molar-refractivity contribution in [1.29, 1.82) is 0 Å². The van der Waals surface area contributed by atoms with E-state index in [9.17, 15) is 16.8 Å². The Balaban J connectivity index is 2.33. The number of primary sulfonamides is 1. The summed E-state index contributed by atoms with van der Waals surface area (Å²) in [5.41, 5.74) is 1.85. The molecule has 26 heavy (non-hydrogen) atoms. The Hall–Kier alpha value is -1.94. The summed E-state index contributed by atoms with van der Waals surface area (Å²) in [5.74, 6) is 0. The molecule has 0 amide bonds. The predicted octanol–water partition coefficient (Wildman–Crippen LogP) is 1.61. The third-order valence-electron chi connectivity index (χ3n) is 3.94. The number of anilines is 1. The quantitative estimate of drug-likeness (QED) is 0.765. The van der Waals surface area contributed by atoms with E-state index in [0.717, 1.165) is 17.3 Å². The number of hydrogen-bond donors (Lipinski definition) is 1. The Kier molecular flexibility index (Phi) is 6.07. The van der Waals surface area contributed by atoms with Crippen LogP contribution in [0.1, 0.15) is 12.5 Å². The van der Waals surface area contributed by atoms with Gasteiger partial charge in [0.1, 0.15) is 0 Å². The lowest BCUT2D eigenvalue weighted by atomic mass is 10.2. The van der Waals surface area contributed by atoms with Gasteiger partial charge in [-0.05, 0) is 35.9 Å². The maximum Gasteiger partial charge on any atom is 0.243 e. The van der Waals surface area contributed by atoms with Gasteiger partial charge in [-0.15, -0.1) is 0 Å². The smallest absolute Gasteiger partial charge is 0.243 e. The first kappa shape index (κ1) is 20.4. The fourth-order valence-corrected chi connectivity index (χ4v) is 4.55. The highest BCUT2D eigenvalue weighted by Gasteiger charge is 2.24. The van der Waals surface area contributed by atoms with Gasteiger partial charge in [0.2, 0.25) is 20.0 Å². The number of sulfonamides is 2. The van der Waals surface area contributed by atoms with Crippen LogP contribution in [-0.2, 0) is 26.6 Å². The van der Waals surface area contributed by atoms with Crippen molar-refractivity contribution < 1.29 is 16.8 Å². The molecule has 0 unspecified atom stereocenters. The normalized spacial score (nSPS) is 12.3. The molecule has 0 bridgehead atoms. The molecular formula is C17H23N3O4S2. The summed E-state index contributed by atoms with van der Waals surface area (Å²) in [5, 5.41) is 5.10. The van der Waals surface area contributed by atoms with Gasteiger partial charge >= 0.3 is 0 Å². The molecule has 7 nitrogen and oxygen atoms in total. The van der Waals surface area contributed by atoms with E-state index in [1.54, 1.807) is 6.92 Å². The van der Waals surface area contributed by atoms with Gasteiger partial charge in [-0.2, -0.15) is 4.31 Å². The van der Waals surface area contributed by atoms with Crippen LogP contribution in [0.4, 0.5) is 5.69 Å². The van der Waals surface area contributed by atoms with Gasteiger partial charge in [-0.3, -0.25) is 0 Å². The van der Waals surface area contributed by atoms with Crippen molar-refractivity contribution in [1.82, 2.24) is 4.31 Å². The Morgan fingerprint density at radius 1 is 0.923 bits per heavy atom. The van der Waals surface area contributed by atoms with E-state index in [1.165, 1.54) is 22.5 Å². The van der Waals surface area contributed by atoms with Crippen LogP contribution in [0.5, 0.6) is 0 Å². The van der Waals surface area contributed by atoms with E-state index >= 15 is 0 Å². The van der Waals surface area contributed by atoms with Crippen molar-refractivity contribution in [3.05, 3.63) is 54.1 Å². The minimum Gasteiger partial charge on any atom is -0.378 e. The van der Waals surface area contributed by atoms with Gasteiger partial charge in [0.25, 0.3) is 0 Å². The monoisotopic (exact) mass is 397 g/mol. The van der Waals surface area contributed by atoms with Gasteiger partial charge in [0.15, 0.2) is 0 Å². The number of nitrogens with two attached hydrogens (primary N) is 1. The second-order valence-corrected chi connectivity index (χ2v) is 9.51. The molecule has 0 aliphatic rings. The zero-order valence-corrected chi connectivity index (χ0v) is 16.6. The molecule has 0 heterocycles. The van der Waals surface area contributed by atoms with Crippen LogP contribution < -0.4 is 10.0 Å². The number of nitrogens with zero attached hydrogens (tertiary/aromatic N) is 2. The molecule has 2 aromatic carbocycles. The Morgan fingerprint density at radius 3 is 2.00 bits per heavy atom. The van der Waals surface area contributed by atoms with Gasteiger partial charge in [-0.25, -0.2) is 22.0 Å². The van der Waals surface area contributed by atoms with Gasteiger partial charge in [0.05, 0.1) is 9.79 Å². The third-order valence-corrected chi connectivity index (χ3v) is 6.76. The lowest BCUT2D eigenvalue weighted by molar-refractivity contribution is 0.423. The summed E-state index contributed by atoms with van der Waals surface area (Å²) >= 11 is 0. The SMILES string of the molecule is CCN(Cc1ccc(N(C)C)cc1)S(=O)(=O)c1cccc(S(N)(=O)=O)c1. The summed E-state index contributed by atoms with van der Waals surface area (Å²) in [4.78, 5) is 1.62. The van der Waals surface area contributed by atoms with Crippen molar-refractivity contribution in [3.8, 4) is 0 Å². The van der Waals surface area contributed by atoms with E-state index in [1.807, 2.05) is 43.3 Å². The van der Waals surface area contributed by atoms with Crippen molar-refractivity contribution in [2.45, 2.75) is 23.3 Å². The average molecular weight is 398 g/mol. The number of hydrogen-bond acceptors (Lipinski definition) is 5. The predicted molar refractivity (Wildman–Crippen MR) is 102 cm³/mol. The molecule has 0 aromatic heterocycles. The van der Waals surface area contributed by atoms with Crippen LogP contribution >= 0.6 is 0 Å². The van der Waals surface area contributed by atoms with E-state index < -0.39 is 20.0 Å². The Bertz CT molecular complexity index is 969. The fraction of sp³-hybridized carbons (Fsp3) is 0.294. The summed E-state index contributed by atoms with van der Waals surface area (Å²) in [6, 6.07) is 12.7. The standard InChI is InChI=1S/C17H23N3O4S2/c1-4-20(13-14-8-10-15(11-9-14)19(2)3)26(23,24)17-7-5-6-16(12-17)25(18,21)22/h5-12H,4,13H2,1-3H3,(H2,18,21,22). The molecule has 0 saturated heterocycles. The second-order valence-electron chi connectivity index (χ2n) is 6.01. The molecule has 2 aromatic rings. The van der Waals surface area contributed by atoms with Crippen LogP contribution in [0.3, 0.4) is 0 Å². The van der Waals surface area contributed by atoms with Crippen LogP contribution in [0, 0.1) is 0 Å². The van der Waals surface area contributed by atoms with Crippen molar-refractivity contribution in [2.24, 2.45) is 5.14 Å². The lowest BCUT2D eigenvalue weighted by Crippen LogP contribution is -2.30. The van der Waals surface area contributed by atoms with Gasteiger partial charge < -0.3 is 4.90 Å². The molecule has 0 fully saturated rings. The molecule has 142 valence electrons. The maximum atomic E-state index is 12.9. The molecule has 0 aliphatic heterocycles. The Morgan fingerprint density at radius 2 is 1.50 bits per heavy atom. The lowest BCUT2D eigenvalue weighted by Gasteiger charge is -2.21. The summed E-state index contributed by atoms with van der Waals surface area (Å²) < 4.78 is 50.1. The third kappa shape index (κ3) is 4.61. The molecule has 2 rings (SSSR count). The molecule has 0 saturated carbocycles. The van der Waals surface area contributed by atoms with Crippen LogP contribution in [-0.4, -0.2) is 41.8 Å². The van der Waals surface area contributed by atoms with Crippen LogP contribution in [0.25, 0.3) is 0 Å². The molecular weight excluding hydrogens is 374 g/mol. The first-order valence-corrected chi connectivity index (χ1v) is 10.9. The maximum absolute atomic E-state index is 12.9. The number of rotatable bonds is 7. The van der Waals surface area contributed by atoms with Crippen LogP contribution in [0.2, 0.25) is 0 Å². The number of benzene rings is 2. The highest BCUT2D eigenvalue weighted by atomic mass is 32.2. The zero-order chi connectivity index (χ0) is 19.5. The Labute approximate surface area is 155 Å². The first-order chi connectivity index (χ1) is 12.1. The largest absolute Gasteiger partial charge is 0.378 e. The van der Waals surface area contributed by atoms with Crippen molar-refractivity contribution in [3.63, 3.8) is 0 Å². The van der Waals surface area contributed by atoms with E-state index in [2.05, 4.69) is 0 Å². The summed E-state index contributed by atoms with van der Waals surface area (Å²) in [7, 11) is -3.98. The van der Waals surface area contributed by atoms with Gasteiger partial charge in [-0.1, -0.05) is 25.1 Å². The molecule has 9 heteroatoms. The molecule has 0 radical (unpaired) electrons. The minimum absolute atomic E-state index is 0.101. The van der Waals surface area contributed by atoms with E-state index in [-0.39, 0.29) is 22.9 Å². The minimum atomic E-state index is -3.98. The van der Waals surface area contributed by atoms with E-state index in [4.69, 9.17) is 5.14 Å². The summed E-state index contributed by atoms with van der Waals surface area (Å²) in [6.07, 6.45) is 0. The van der Waals surface area contributed by atoms with Crippen molar-refractivity contribution in [2.75, 3.05) is 25.5 Å². The average Bonchev–Trinajstić information content (AvgIpc) is 2.59. The molecule has 0 atom stereocenters. The molecule has 0 aliphatic carbocycles. The van der Waals surface area contributed by atoms with Gasteiger partial charge in [0, 0.05) is 32.9 Å². The fourth-order valence-electron chi connectivity index (χ4n) is 2.43. The topological polar surface area (TPSA) is 101 Å².